The molecule has 2 aliphatic rings. The van der Waals surface area contributed by atoms with Crippen molar-refractivity contribution in [2.75, 3.05) is 9.80 Å². The Morgan fingerprint density at radius 1 is 0.350 bits per heavy atom. The smallest absolute Gasteiger partial charge is 0.0618 e. The lowest BCUT2D eigenvalue weighted by molar-refractivity contribution is 0.632. The number of anilines is 6. The van der Waals surface area contributed by atoms with Crippen molar-refractivity contribution in [3.8, 4) is 33.4 Å². The fourth-order valence-electron chi connectivity index (χ4n) is 10.1. The summed E-state index contributed by atoms with van der Waals surface area (Å²) in [4.78, 5) is 4.89. The summed E-state index contributed by atoms with van der Waals surface area (Å²) in [6.45, 7) is 9.50. The molecule has 1 heterocycles. The maximum atomic E-state index is 2.57. The van der Waals surface area contributed by atoms with E-state index in [0.717, 1.165) is 17.1 Å². The Hall–Kier alpha value is -7.16. The first-order valence-electron chi connectivity index (χ1n) is 21.1. The summed E-state index contributed by atoms with van der Waals surface area (Å²) >= 11 is 0. The van der Waals surface area contributed by atoms with Gasteiger partial charge in [-0.15, -0.1) is 0 Å². The molecule has 60 heavy (non-hydrogen) atoms. The van der Waals surface area contributed by atoms with Crippen LogP contribution in [0.15, 0.2) is 206 Å². The van der Waals surface area contributed by atoms with Crippen LogP contribution < -0.4 is 9.80 Å². The molecule has 0 amide bonds. The lowest BCUT2D eigenvalue weighted by Crippen LogP contribution is -2.31. The molecular weight excluding hydrogens is 725 g/mol. The van der Waals surface area contributed by atoms with Crippen molar-refractivity contribution in [1.29, 1.82) is 0 Å². The van der Waals surface area contributed by atoms with Crippen LogP contribution >= 0.6 is 0 Å². The monoisotopic (exact) mass is 770 g/mol. The van der Waals surface area contributed by atoms with Gasteiger partial charge < -0.3 is 9.80 Å². The van der Waals surface area contributed by atoms with Crippen LogP contribution in [0.1, 0.15) is 49.9 Å². The van der Waals surface area contributed by atoms with Crippen molar-refractivity contribution < 1.29 is 0 Å². The van der Waals surface area contributed by atoms with E-state index < -0.39 is 0 Å². The molecule has 0 N–H and O–H groups in total. The molecule has 0 radical (unpaired) electrons. The van der Waals surface area contributed by atoms with Crippen molar-refractivity contribution >= 4 is 44.9 Å². The molecule has 0 aromatic heterocycles. The maximum Gasteiger partial charge on any atom is 0.0618 e. The number of hydrogen-bond donors (Lipinski definition) is 0. The molecule has 1 aliphatic heterocycles. The SMILES string of the molecule is CC1(C)c2ccccc2-c2ccc(-c3ccc4ccccc4c3N3c4ccccc4C(C)(C)c4ccc(-c5ccc(N(c6ccccc6)c6ccccc6)cc5)cc43)cc21. The van der Waals surface area contributed by atoms with E-state index in [1.54, 1.807) is 0 Å². The van der Waals surface area contributed by atoms with Gasteiger partial charge in [-0.1, -0.05) is 179 Å². The average molecular weight is 771 g/mol. The molecule has 0 bridgehead atoms. The van der Waals surface area contributed by atoms with E-state index in [1.807, 2.05) is 0 Å². The fourth-order valence-corrected chi connectivity index (χ4v) is 10.1. The molecule has 2 heteroatoms. The van der Waals surface area contributed by atoms with Gasteiger partial charge in [0.1, 0.15) is 0 Å². The van der Waals surface area contributed by atoms with Gasteiger partial charge in [-0.05, 0) is 110 Å². The van der Waals surface area contributed by atoms with Gasteiger partial charge in [0.05, 0.1) is 17.1 Å². The zero-order chi connectivity index (χ0) is 40.6. The molecule has 1 aliphatic carbocycles. The maximum absolute atomic E-state index is 2.57. The van der Waals surface area contributed by atoms with Crippen LogP contribution in [0.5, 0.6) is 0 Å². The first-order valence-corrected chi connectivity index (χ1v) is 21.1. The normalized spacial score (nSPS) is 14.2. The van der Waals surface area contributed by atoms with Crippen LogP contribution in [0.3, 0.4) is 0 Å². The molecule has 0 fully saturated rings. The lowest BCUT2D eigenvalue weighted by atomic mass is 9.73. The highest BCUT2D eigenvalue weighted by Crippen LogP contribution is 2.57. The van der Waals surface area contributed by atoms with Gasteiger partial charge in [-0.25, -0.2) is 0 Å². The van der Waals surface area contributed by atoms with Gasteiger partial charge in [0.25, 0.3) is 0 Å². The minimum Gasteiger partial charge on any atom is -0.311 e. The highest BCUT2D eigenvalue weighted by molar-refractivity contribution is 6.08. The topological polar surface area (TPSA) is 6.48 Å². The molecule has 288 valence electrons. The van der Waals surface area contributed by atoms with Gasteiger partial charge in [-0.2, -0.15) is 0 Å². The Balaban J connectivity index is 1.09. The summed E-state index contributed by atoms with van der Waals surface area (Å²) in [5.74, 6) is 0. The van der Waals surface area contributed by atoms with Crippen molar-refractivity contribution in [3.63, 3.8) is 0 Å². The number of rotatable bonds is 6. The minimum absolute atomic E-state index is 0.100. The molecule has 0 saturated carbocycles. The fraction of sp³-hybridized carbons (Fsp3) is 0.103. The zero-order valence-corrected chi connectivity index (χ0v) is 34.5. The van der Waals surface area contributed by atoms with Gasteiger partial charge in [0.2, 0.25) is 0 Å². The molecule has 0 atom stereocenters. The second kappa shape index (κ2) is 13.7. The van der Waals surface area contributed by atoms with Crippen LogP contribution in [0.25, 0.3) is 44.2 Å². The molecule has 2 nitrogen and oxygen atoms in total. The Kier molecular flexibility index (Phi) is 8.22. The van der Waals surface area contributed by atoms with Crippen molar-refractivity contribution in [2.45, 2.75) is 38.5 Å². The average Bonchev–Trinajstić information content (AvgIpc) is 3.52. The largest absolute Gasteiger partial charge is 0.311 e. The van der Waals surface area contributed by atoms with Gasteiger partial charge in [0.15, 0.2) is 0 Å². The first kappa shape index (κ1) is 36.0. The van der Waals surface area contributed by atoms with Crippen LogP contribution in [0, 0.1) is 0 Å². The Morgan fingerprint density at radius 2 is 0.883 bits per heavy atom. The Morgan fingerprint density at radius 3 is 1.63 bits per heavy atom. The van der Waals surface area contributed by atoms with Gasteiger partial charge in [-0.3, -0.25) is 0 Å². The van der Waals surface area contributed by atoms with E-state index in [0.29, 0.717) is 0 Å². The van der Waals surface area contributed by atoms with Crippen LogP contribution in [-0.4, -0.2) is 0 Å². The molecule has 0 spiro atoms. The molecule has 0 saturated heterocycles. The summed E-state index contributed by atoms with van der Waals surface area (Å²) in [5.41, 5.74) is 19.6. The second-order valence-electron chi connectivity index (χ2n) is 17.4. The number of fused-ring (bicyclic) bond motifs is 6. The van der Waals surface area contributed by atoms with E-state index in [-0.39, 0.29) is 10.8 Å². The number of hydrogen-bond acceptors (Lipinski definition) is 2. The summed E-state index contributed by atoms with van der Waals surface area (Å²) in [6.07, 6.45) is 0. The lowest BCUT2D eigenvalue weighted by Gasteiger charge is -2.43. The molecule has 0 unspecified atom stereocenters. The molecular formula is C58H46N2. The third kappa shape index (κ3) is 5.55. The third-order valence-electron chi connectivity index (χ3n) is 13.2. The summed E-state index contributed by atoms with van der Waals surface area (Å²) < 4.78 is 0. The van der Waals surface area contributed by atoms with Crippen LogP contribution in [-0.2, 0) is 10.8 Å². The van der Waals surface area contributed by atoms with E-state index in [2.05, 4.69) is 244 Å². The second-order valence-corrected chi connectivity index (χ2v) is 17.4. The van der Waals surface area contributed by atoms with E-state index in [1.165, 1.54) is 83.5 Å². The standard InChI is InChI=1S/C58H46N2/c1-57(2)50-24-14-13-23-48(50)49-35-30-42(37-53(49)57)47-34-29-40-17-11-12-22-46(40)56(47)60-54-26-16-15-25-51(54)58(3,4)52-36-31-41(38-55(52)60)39-27-32-45(33-28-39)59(43-18-7-5-8-19-43)44-20-9-6-10-21-44/h5-38H,1-4H3. The number of benzene rings is 9. The quantitative estimate of drug-likeness (QED) is 0.166. The molecule has 11 rings (SSSR count). The van der Waals surface area contributed by atoms with Crippen molar-refractivity contribution in [1.82, 2.24) is 0 Å². The van der Waals surface area contributed by atoms with E-state index >= 15 is 0 Å². The molecule has 9 aromatic rings. The predicted molar refractivity (Wildman–Crippen MR) is 254 cm³/mol. The Bertz CT molecular complexity index is 3050. The number of nitrogens with zero attached hydrogens (tertiary/aromatic N) is 2. The van der Waals surface area contributed by atoms with Crippen LogP contribution in [0.4, 0.5) is 34.1 Å². The summed E-state index contributed by atoms with van der Waals surface area (Å²) in [6, 6.07) is 76.1. The van der Waals surface area contributed by atoms with Crippen LogP contribution in [0.2, 0.25) is 0 Å². The van der Waals surface area contributed by atoms with E-state index in [9.17, 15) is 0 Å². The number of para-hydroxylation sites is 3. The summed E-state index contributed by atoms with van der Waals surface area (Å²) in [7, 11) is 0. The Labute approximate surface area is 353 Å². The zero-order valence-electron chi connectivity index (χ0n) is 34.5. The summed E-state index contributed by atoms with van der Waals surface area (Å²) in [5, 5.41) is 2.46. The first-order chi connectivity index (χ1) is 29.3. The van der Waals surface area contributed by atoms with Crippen molar-refractivity contribution in [2.24, 2.45) is 0 Å². The van der Waals surface area contributed by atoms with Gasteiger partial charge in [0, 0.05) is 38.8 Å². The highest BCUT2D eigenvalue weighted by atomic mass is 15.2. The van der Waals surface area contributed by atoms with E-state index in [4.69, 9.17) is 0 Å². The third-order valence-corrected chi connectivity index (χ3v) is 13.2. The van der Waals surface area contributed by atoms with Gasteiger partial charge >= 0.3 is 0 Å². The minimum atomic E-state index is -0.217. The predicted octanol–water partition coefficient (Wildman–Crippen LogP) is 16.1. The highest BCUT2D eigenvalue weighted by Gasteiger charge is 2.39. The molecule has 9 aromatic carbocycles. The van der Waals surface area contributed by atoms with Crippen molar-refractivity contribution in [3.05, 3.63) is 229 Å².